The molecule has 1 aliphatic heterocycles. The number of nitrogens with zero attached hydrogens (tertiary/aromatic N) is 2. The van der Waals surface area contributed by atoms with E-state index in [1.165, 1.54) is 10.4 Å². The summed E-state index contributed by atoms with van der Waals surface area (Å²) in [7, 11) is -3.71. The third-order valence-corrected chi connectivity index (χ3v) is 6.56. The molecule has 0 unspecified atom stereocenters. The lowest BCUT2D eigenvalue weighted by molar-refractivity contribution is -0.116. The number of amides is 1. The van der Waals surface area contributed by atoms with Gasteiger partial charge in [0, 0.05) is 25.3 Å². The van der Waals surface area contributed by atoms with E-state index in [1.807, 2.05) is 31.2 Å². The van der Waals surface area contributed by atoms with Gasteiger partial charge in [0.25, 0.3) is 10.2 Å². The van der Waals surface area contributed by atoms with E-state index >= 15 is 0 Å². The number of carbonyl (C=O) groups excluding carboxylic acids is 1. The summed E-state index contributed by atoms with van der Waals surface area (Å²) in [6.45, 7) is 4.09. The molecule has 0 atom stereocenters. The Bertz CT molecular complexity index is 962. The maximum atomic E-state index is 13.6. The number of aryl methyl sites for hydroxylation is 2. The minimum atomic E-state index is -3.71. The van der Waals surface area contributed by atoms with E-state index in [0.29, 0.717) is 17.8 Å². The standard InChI is InChI=1S/C19H22FN3O3S/c1-14-5-3-4-6-16(14)12-22-9-10-23(27(22,25)26)13-19(24)21-17-8-7-15(2)18(20)11-17/h3-8,11H,9-10,12-13H2,1-2H3,(H,21,24). The van der Waals surface area contributed by atoms with Gasteiger partial charge in [0.15, 0.2) is 0 Å². The van der Waals surface area contributed by atoms with Gasteiger partial charge >= 0.3 is 0 Å². The van der Waals surface area contributed by atoms with Crippen molar-refractivity contribution in [2.24, 2.45) is 0 Å². The van der Waals surface area contributed by atoms with Gasteiger partial charge in [-0.3, -0.25) is 4.79 Å². The maximum Gasteiger partial charge on any atom is 0.282 e. The molecule has 0 radical (unpaired) electrons. The average molecular weight is 391 g/mol. The van der Waals surface area contributed by atoms with Crippen LogP contribution in [0, 0.1) is 19.7 Å². The first-order valence-corrected chi connectivity index (χ1v) is 10.0. The molecule has 2 aromatic carbocycles. The number of rotatable bonds is 5. The lowest BCUT2D eigenvalue weighted by atomic mass is 10.1. The van der Waals surface area contributed by atoms with Crippen LogP contribution in [0.25, 0.3) is 0 Å². The zero-order chi connectivity index (χ0) is 19.6. The van der Waals surface area contributed by atoms with Crippen LogP contribution in [0.2, 0.25) is 0 Å². The van der Waals surface area contributed by atoms with E-state index in [4.69, 9.17) is 0 Å². The lowest BCUT2D eigenvalue weighted by Crippen LogP contribution is -2.37. The molecular formula is C19H22FN3O3S. The van der Waals surface area contributed by atoms with Gasteiger partial charge in [0.1, 0.15) is 5.82 Å². The highest BCUT2D eigenvalue weighted by Crippen LogP contribution is 2.21. The van der Waals surface area contributed by atoms with Crippen LogP contribution in [0.3, 0.4) is 0 Å². The van der Waals surface area contributed by atoms with Crippen molar-refractivity contribution in [2.75, 3.05) is 25.0 Å². The Morgan fingerprint density at radius 2 is 1.78 bits per heavy atom. The Labute approximate surface area is 158 Å². The summed E-state index contributed by atoms with van der Waals surface area (Å²) < 4.78 is 41.5. The SMILES string of the molecule is Cc1ccc(NC(=O)CN2CCN(Cc3ccccc3C)S2(=O)=O)cc1F. The molecule has 1 N–H and O–H groups in total. The molecule has 0 aromatic heterocycles. The maximum absolute atomic E-state index is 13.6. The smallest absolute Gasteiger partial charge is 0.282 e. The summed E-state index contributed by atoms with van der Waals surface area (Å²) in [6.07, 6.45) is 0. The van der Waals surface area contributed by atoms with E-state index < -0.39 is 21.9 Å². The third-order valence-electron chi connectivity index (χ3n) is 4.63. The average Bonchev–Trinajstić information content (AvgIpc) is 2.87. The van der Waals surface area contributed by atoms with Crippen LogP contribution in [0.4, 0.5) is 10.1 Å². The fourth-order valence-corrected chi connectivity index (χ4v) is 4.48. The predicted molar refractivity (Wildman–Crippen MR) is 102 cm³/mol. The van der Waals surface area contributed by atoms with Gasteiger partial charge in [-0.05, 0) is 42.7 Å². The van der Waals surface area contributed by atoms with Crippen molar-refractivity contribution < 1.29 is 17.6 Å². The molecule has 0 spiro atoms. The Morgan fingerprint density at radius 3 is 2.48 bits per heavy atom. The molecule has 27 heavy (non-hydrogen) atoms. The summed E-state index contributed by atoms with van der Waals surface area (Å²) in [5.41, 5.74) is 2.73. The van der Waals surface area contributed by atoms with E-state index in [-0.39, 0.29) is 19.6 Å². The third kappa shape index (κ3) is 4.35. The highest BCUT2D eigenvalue weighted by Gasteiger charge is 2.37. The van der Waals surface area contributed by atoms with Gasteiger partial charge in [0.2, 0.25) is 5.91 Å². The summed E-state index contributed by atoms with van der Waals surface area (Å²) in [5.74, 6) is -0.925. The summed E-state index contributed by atoms with van der Waals surface area (Å²) in [5, 5.41) is 2.54. The molecule has 144 valence electrons. The monoisotopic (exact) mass is 391 g/mol. The van der Waals surface area contributed by atoms with Crippen LogP contribution < -0.4 is 5.32 Å². The van der Waals surface area contributed by atoms with E-state index in [2.05, 4.69) is 5.32 Å². The molecule has 0 aliphatic carbocycles. The van der Waals surface area contributed by atoms with Gasteiger partial charge in [-0.1, -0.05) is 30.3 Å². The first kappa shape index (κ1) is 19.5. The largest absolute Gasteiger partial charge is 0.325 e. The molecular weight excluding hydrogens is 369 g/mol. The molecule has 1 saturated heterocycles. The van der Waals surface area contributed by atoms with Crippen LogP contribution in [0.5, 0.6) is 0 Å². The minimum Gasteiger partial charge on any atom is -0.325 e. The van der Waals surface area contributed by atoms with Crippen molar-refractivity contribution >= 4 is 21.8 Å². The van der Waals surface area contributed by atoms with Gasteiger partial charge in [-0.2, -0.15) is 17.0 Å². The zero-order valence-corrected chi connectivity index (χ0v) is 16.1. The summed E-state index contributed by atoms with van der Waals surface area (Å²) >= 11 is 0. The first-order chi connectivity index (χ1) is 12.8. The number of anilines is 1. The number of carbonyl (C=O) groups is 1. The van der Waals surface area contributed by atoms with Gasteiger partial charge in [0.05, 0.1) is 6.54 Å². The molecule has 0 bridgehead atoms. The van der Waals surface area contributed by atoms with Crippen molar-refractivity contribution in [3.63, 3.8) is 0 Å². The van der Waals surface area contributed by atoms with Crippen molar-refractivity contribution in [3.05, 3.63) is 65.0 Å². The number of benzene rings is 2. The quantitative estimate of drug-likeness (QED) is 0.851. The topological polar surface area (TPSA) is 69.7 Å². The van der Waals surface area contributed by atoms with E-state index in [0.717, 1.165) is 15.4 Å². The Morgan fingerprint density at radius 1 is 1.07 bits per heavy atom. The van der Waals surface area contributed by atoms with Crippen LogP contribution in [-0.4, -0.2) is 42.6 Å². The van der Waals surface area contributed by atoms with Crippen molar-refractivity contribution in [1.29, 1.82) is 0 Å². The zero-order valence-electron chi connectivity index (χ0n) is 15.3. The number of hydrogen-bond donors (Lipinski definition) is 1. The highest BCUT2D eigenvalue weighted by atomic mass is 32.2. The van der Waals surface area contributed by atoms with Crippen molar-refractivity contribution in [1.82, 2.24) is 8.61 Å². The fourth-order valence-electron chi connectivity index (χ4n) is 2.95. The second-order valence-corrected chi connectivity index (χ2v) is 8.54. The van der Waals surface area contributed by atoms with Gasteiger partial charge in [-0.25, -0.2) is 4.39 Å². The lowest BCUT2D eigenvalue weighted by Gasteiger charge is -2.19. The highest BCUT2D eigenvalue weighted by molar-refractivity contribution is 7.87. The van der Waals surface area contributed by atoms with Crippen molar-refractivity contribution in [3.8, 4) is 0 Å². The molecule has 3 rings (SSSR count). The van der Waals surface area contributed by atoms with Crippen molar-refractivity contribution in [2.45, 2.75) is 20.4 Å². The molecule has 1 fully saturated rings. The Balaban J connectivity index is 1.65. The molecule has 0 saturated carbocycles. The molecule has 6 nitrogen and oxygen atoms in total. The predicted octanol–water partition coefficient (Wildman–Crippen LogP) is 2.44. The number of hydrogen-bond acceptors (Lipinski definition) is 3. The van der Waals surface area contributed by atoms with Crippen LogP contribution in [0.1, 0.15) is 16.7 Å². The second-order valence-electron chi connectivity index (χ2n) is 6.61. The fraction of sp³-hybridized carbons (Fsp3) is 0.316. The number of nitrogens with one attached hydrogen (secondary N) is 1. The number of halogens is 1. The normalized spacial score (nSPS) is 17.1. The summed E-state index contributed by atoms with van der Waals surface area (Å²) in [4.78, 5) is 12.2. The van der Waals surface area contributed by atoms with Crippen LogP contribution in [0.15, 0.2) is 42.5 Å². The second kappa shape index (κ2) is 7.75. The molecule has 1 aliphatic rings. The van der Waals surface area contributed by atoms with Gasteiger partial charge < -0.3 is 5.32 Å². The van der Waals surface area contributed by atoms with E-state index in [9.17, 15) is 17.6 Å². The van der Waals surface area contributed by atoms with E-state index in [1.54, 1.807) is 19.1 Å². The van der Waals surface area contributed by atoms with Crippen LogP contribution >= 0.6 is 0 Å². The molecule has 1 amide bonds. The summed E-state index contributed by atoms with van der Waals surface area (Å²) in [6, 6.07) is 12.0. The minimum absolute atomic E-state index is 0.240. The molecule has 1 heterocycles. The molecule has 2 aromatic rings. The van der Waals surface area contributed by atoms with Crippen LogP contribution in [-0.2, 0) is 21.5 Å². The first-order valence-electron chi connectivity index (χ1n) is 8.63. The van der Waals surface area contributed by atoms with Gasteiger partial charge in [-0.15, -0.1) is 0 Å². The molecule has 8 heteroatoms. The Kier molecular flexibility index (Phi) is 5.59. The Hall–Kier alpha value is -2.29.